The van der Waals surface area contributed by atoms with Crippen molar-refractivity contribution in [2.75, 3.05) is 0 Å². The van der Waals surface area contributed by atoms with Crippen LogP contribution in [0, 0.1) is 18.3 Å². The molecule has 0 aliphatic rings. The van der Waals surface area contributed by atoms with E-state index in [1.165, 1.54) is 19.3 Å². The highest BCUT2D eigenvalue weighted by molar-refractivity contribution is 4.85. The van der Waals surface area contributed by atoms with E-state index in [9.17, 15) is 0 Å². The van der Waals surface area contributed by atoms with Gasteiger partial charge in [0, 0.05) is 5.92 Å². The van der Waals surface area contributed by atoms with E-state index in [0.717, 1.165) is 12.8 Å². The Morgan fingerprint density at radius 2 is 2.00 bits per heavy atom. The van der Waals surface area contributed by atoms with E-state index in [1.54, 1.807) is 0 Å². The van der Waals surface area contributed by atoms with Crippen LogP contribution < -0.4 is 0 Å². The first-order chi connectivity index (χ1) is 4.85. The highest BCUT2D eigenvalue weighted by Gasteiger charge is 1.99. The molecule has 0 amide bonds. The quantitative estimate of drug-likeness (QED) is 0.403. The fourth-order valence-electron chi connectivity index (χ4n) is 1.02. The molecule has 1 radical (unpaired) electrons. The van der Waals surface area contributed by atoms with E-state index < -0.39 is 0 Å². The van der Waals surface area contributed by atoms with Crippen LogP contribution in [0.25, 0.3) is 0 Å². The first kappa shape index (κ1) is 9.56. The van der Waals surface area contributed by atoms with E-state index in [2.05, 4.69) is 19.8 Å². The van der Waals surface area contributed by atoms with Crippen molar-refractivity contribution in [2.45, 2.75) is 46.0 Å². The smallest absolute Gasteiger partial charge is 0.0210 e. The molecule has 0 aromatic carbocycles. The van der Waals surface area contributed by atoms with Crippen LogP contribution in [0.4, 0.5) is 0 Å². The molecule has 0 aliphatic heterocycles. The Bertz CT molecular complexity index is 97.1. The van der Waals surface area contributed by atoms with E-state index in [1.807, 2.05) is 0 Å². The van der Waals surface area contributed by atoms with Crippen LogP contribution in [0.2, 0.25) is 0 Å². The second kappa shape index (κ2) is 6.68. The summed E-state index contributed by atoms with van der Waals surface area (Å²) in [5, 5.41) is 0. The molecule has 1 atom stereocenters. The summed E-state index contributed by atoms with van der Waals surface area (Å²) in [6.45, 7) is 4.33. The van der Waals surface area contributed by atoms with Gasteiger partial charge in [-0.3, -0.25) is 0 Å². The van der Waals surface area contributed by atoms with E-state index >= 15 is 0 Å². The third kappa shape index (κ3) is 4.44. The molecule has 0 bridgehead atoms. The molecule has 0 aromatic heterocycles. The van der Waals surface area contributed by atoms with Gasteiger partial charge in [0.05, 0.1) is 0 Å². The van der Waals surface area contributed by atoms with Crippen LogP contribution in [0.15, 0.2) is 0 Å². The molecule has 0 aromatic rings. The first-order valence-corrected chi connectivity index (χ1v) is 4.27. The second-order valence-electron chi connectivity index (χ2n) is 2.75. The first-order valence-electron chi connectivity index (χ1n) is 4.27. The van der Waals surface area contributed by atoms with Crippen molar-refractivity contribution in [3.8, 4) is 5.92 Å². The molecule has 0 heteroatoms. The van der Waals surface area contributed by atoms with Gasteiger partial charge in [-0.25, -0.2) is 0 Å². The van der Waals surface area contributed by atoms with Gasteiger partial charge in [0.15, 0.2) is 0 Å². The van der Waals surface area contributed by atoms with Crippen LogP contribution in [0.5, 0.6) is 0 Å². The molecule has 0 rings (SSSR count). The lowest BCUT2D eigenvalue weighted by Gasteiger charge is -2.04. The van der Waals surface area contributed by atoms with E-state index in [4.69, 9.17) is 6.42 Å². The minimum Gasteiger partial charge on any atom is -0.0857 e. The lowest BCUT2D eigenvalue weighted by Crippen LogP contribution is -1.93. The van der Waals surface area contributed by atoms with Gasteiger partial charge in [-0.1, -0.05) is 39.0 Å². The monoisotopic (exact) mass is 137 g/mol. The molecule has 0 saturated heterocycles. The highest BCUT2D eigenvalue weighted by Crippen LogP contribution is 2.11. The van der Waals surface area contributed by atoms with Crippen molar-refractivity contribution in [3.63, 3.8) is 0 Å². The maximum absolute atomic E-state index is 6.95. The summed E-state index contributed by atoms with van der Waals surface area (Å²) in [6, 6.07) is 0. The van der Waals surface area contributed by atoms with E-state index in [0.29, 0.717) is 5.92 Å². The summed E-state index contributed by atoms with van der Waals surface area (Å²) >= 11 is 0. The van der Waals surface area contributed by atoms with Gasteiger partial charge in [-0.2, -0.15) is 0 Å². The Kier molecular flexibility index (Phi) is 6.38. The average molecular weight is 137 g/mol. The third-order valence-electron chi connectivity index (χ3n) is 1.85. The SMILES string of the molecule is [C]#CC(CC)CCCCC. The molecule has 10 heavy (non-hydrogen) atoms. The molecule has 0 aliphatic carbocycles. The zero-order valence-electron chi connectivity index (χ0n) is 7.11. The summed E-state index contributed by atoms with van der Waals surface area (Å²) in [7, 11) is 0. The zero-order chi connectivity index (χ0) is 7.82. The van der Waals surface area contributed by atoms with Crippen molar-refractivity contribution in [1.82, 2.24) is 0 Å². The van der Waals surface area contributed by atoms with Gasteiger partial charge >= 0.3 is 0 Å². The number of rotatable bonds is 5. The molecule has 0 N–H and O–H groups in total. The summed E-state index contributed by atoms with van der Waals surface area (Å²) in [5.74, 6) is 2.98. The lowest BCUT2D eigenvalue weighted by molar-refractivity contribution is 0.540. The van der Waals surface area contributed by atoms with Crippen LogP contribution in [0.1, 0.15) is 46.0 Å². The third-order valence-corrected chi connectivity index (χ3v) is 1.85. The summed E-state index contributed by atoms with van der Waals surface area (Å²) < 4.78 is 0. The van der Waals surface area contributed by atoms with Crippen LogP contribution >= 0.6 is 0 Å². The molecule has 0 saturated carbocycles. The topological polar surface area (TPSA) is 0 Å². The fraction of sp³-hybridized carbons (Fsp3) is 0.800. The summed E-state index contributed by atoms with van der Waals surface area (Å²) in [5.41, 5.74) is 0. The summed E-state index contributed by atoms with van der Waals surface area (Å²) in [4.78, 5) is 0. The van der Waals surface area contributed by atoms with Crippen molar-refractivity contribution >= 4 is 0 Å². The molecule has 0 spiro atoms. The fourth-order valence-corrected chi connectivity index (χ4v) is 1.02. The number of hydrogen-bond donors (Lipinski definition) is 0. The Hall–Kier alpha value is -0.440. The molecule has 1 unspecified atom stereocenters. The van der Waals surface area contributed by atoms with Gasteiger partial charge in [-0.15, -0.1) is 0 Å². The Labute approximate surface area is 65.0 Å². The van der Waals surface area contributed by atoms with Crippen molar-refractivity contribution in [3.05, 3.63) is 6.42 Å². The molecule has 57 valence electrons. The molecule has 0 fully saturated rings. The standard InChI is InChI=1S/C10H17/c1-4-7-8-9-10(5-2)6-3/h10H,4-5,7-9H2,1-2H3. The predicted molar refractivity (Wildman–Crippen MR) is 45.1 cm³/mol. The number of unbranched alkanes of at least 4 members (excludes halogenated alkanes) is 2. The van der Waals surface area contributed by atoms with Crippen molar-refractivity contribution in [2.24, 2.45) is 5.92 Å². The molecular formula is C10H17. The Morgan fingerprint density at radius 1 is 1.30 bits per heavy atom. The Balaban J connectivity index is 3.20. The van der Waals surface area contributed by atoms with Crippen LogP contribution in [0.3, 0.4) is 0 Å². The van der Waals surface area contributed by atoms with Gasteiger partial charge < -0.3 is 0 Å². The van der Waals surface area contributed by atoms with Gasteiger partial charge in [0.2, 0.25) is 0 Å². The van der Waals surface area contributed by atoms with Gasteiger partial charge in [0.25, 0.3) is 0 Å². The molecular weight excluding hydrogens is 120 g/mol. The summed E-state index contributed by atoms with van der Waals surface area (Å²) in [6.07, 6.45) is 13.0. The number of hydrogen-bond acceptors (Lipinski definition) is 0. The van der Waals surface area contributed by atoms with Gasteiger partial charge in [0.1, 0.15) is 0 Å². The van der Waals surface area contributed by atoms with Crippen molar-refractivity contribution in [1.29, 1.82) is 0 Å². The minimum atomic E-state index is 0.423. The second-order valence-corrected chi connectivity index (χ2v) is 2.75. The maximum Gasteiger partial charge on any atom is 0.0210 e. The largest absolute Gasteiger partial charge is 0.0857 e. The normalized spacial score (nSPS) is 12.5. The Morgan fingerprint density at radius 3 is 2.40 bits per heavy atom. The van der Waals surface area contributed by atoms with Crippen LogP contribution in [-0.2, 0) is 0 Å². The highest BCUT2D eigenvalue weighted by atomic mass is 14.0. The van der Waals surface area contributed by atoms with Crippen LogP contribution in [-0.4, -0.2) is 0 Å². The minimum absolute atomic E-state index is 0.423. The molecule has 0 nitrogen and oxygen atoms in total. The maximum atomic E-state index is 6.95. The van der Waals surface area contributed by atoms with Crippen molar-refractivity contribution < 1.29 is 0 Å². The average Bonchev–Trinajstić information content (AvgIpc) is 1.99. The molecule has 0 heterocycles. The zero-order valence-corrected chi connectivity index (χ0v) is 7.11. The predicted octanol–water partition coefficient (Wildman–Crippen LogP) is 3.18. The van der Waals surface area contributed by atoms with E-state index in [-0.39, 0.29) is 0 Å². The van der Waals surface area contributed by atoms with Gasteiger partial charge in [-0.05, 0) is 19.3 Å². The lowest BCUT2D eigenvalue weighted by atomic mass is 10.00.